The molecule has 0 fully saturated rings. The molecule has 0 N–H and O–H groups in total. The van der Waals surface area contributed by atoms with Crippen LogP contribution >= 0.6 is 11.3 Å². The van der Waals surface area contributed by atoms with E-state index in [1.165, 1.54) is 98.9 Å². The van der Waals surface area contributed by atoms with Crippen molar-refractivity contribution in [3.8, 4) is 11.3 Å². The highest BCUT2D eigenvalue weighted by Gasteiger charge is 2.46. The van der Waals surface area contributed by atoms with E-state index in [4.69, 9.17) is 4.42 Å². The zero-order chi connectivity index (χ0) is 43.1. The summed E-state index contributed by atoms with van der Waals surface area (Å²) in [5.41, 5.74) is 21.5. The molecule has 0 bridgehead atoms. The quantitative estimate of drug-likeness (QED) is 0.166. The Bertz CT molecular complexity index is 3030. The molecule has 0 saturated carbocycles. The fourth-order valence-electron chi connectivity index (χ4n) is 10.1. The number of rotatable bonds is 3. The summed E-state index contributed by atoms with van der Waals surface area (Å²) >= 11 is 1.97. The van der Waals surface area contributed by atoms with Crippen LogP contribution in [-0.4, -0.2) is 6.71 Å². The van der Waals surface area contributed by atoms with E-state index < -0.39 is 0 Å². The van der Waals surface area contributed by atoms with Crippen LogP contribution in [-0.2, 0) is 16.2 Å². The minimum Gasteiger partial charge on any atom is -0.456 e. The second-order valence-corrected chi connectivity index (χ2v) is 22.0. The van der Waals surface area contributed by atoms with Gasteiger partial charge in [0.15, 0.2) is 0 Å². The maximum Gasteiger partial charge on any atom is 0.264 e. The second kappa shape index (κ2) is 13.5. The van der Waals surface area contributed by atoms with Crippen molar-refractivity contribution < 1.29 is 4.42 Å². The topological polar surface area (TPSA) is 19.6 Å². The van der Waals surface area contributed by atoms with Crippen LogP contribution in [0, 0.1) is 27.7 Å². The molecule has 0 amide bonds. The van der Waals surface area contributed by atoms with Crippen LogP contribution in [0.2, 0.25) is 0 Å². The van der Waals surface area contributed by atoms with Gasteiger partial charge in [0.2, 0.25) is 0 Å². The number of nitrogens with zero attached hydrogens (tertiary/aromatic N) is 2. The third-order valence-corrected chi connectivity index (χ3v) is 14.5. The van der Waals surface area contributed by atoms with Crippen molar-refractivity contribution in [2.45, 2.75) is 106 Å². The number of anilines is 6. The molecule has 306 valence electrons. The molecule has 10 rings (SSSR count). The Morgan fingerprint density at radius 1 is 0.508 bits per heavy atom. The van der Waals surface area contributed by atoms with E-state index in [-0.39, 0.29) is 23.0 Å². The largest absolute Gasteiger partial charge is 0.456 e. The minimum atomic E-state index is 0.0109. The number of benzene rings is 6. The molecule has 61 heavy (non-hydrogen) atoms. The molecule has 2 aliphatic heterocycles. The van der Waals surface area contributed by atoms with E-state index >= 15 is 0 Å². The summed E-state index contributed by atoms with van der Waals surface area (Å²) < 4.78 is 9.29. The van der Waals surface area contributed by atoms with Gasteiger partial charge in [-0.1, -0.05) is 129 Å². The van der Waals surface area contributed by atoms with Gasteiger partial charge in [0.1, 0.15) is 11.3 Å². The maximum absolute atomic E-state index is 6.57. The molecule has 2 aliphatic rings. The van der Waals surface area contributed by atoms with Gasteiger partial charge in [0.25, 0.3) is 6.71 Å². The van der Waals surface area contributed by atoms with E-state index in [0.29, 0.717) is 0 Å². The van der Waals surface area contributed by atoms with E-state index in [1.807, 2.05) is 17.4 Å². The Hall–Kier alpha value is -5.52. The monoisotopic (exact) mass is 816 g/mol. The van der Waals surface area contributed by atoms with Gasteiger partial charge in [-0.3, -0.25) is 0 Å². The first-order valence-corrected chi connectivity index (χ1v) is 22.8. The van der Waals surface area contributed by atoms with Gasteiger partial charge in [-0.25, -0.2) is 0 Å². The number of hydrogen-bond donors (Lipinski definition) is 0. The molecule has 0 atom stereocenters. The van der Waals surface area contributed by atoms with Gasteiger partial charge in [0.05, 0.1) is 17.1 Å². The molecule has 0 unspecified atom stereocenters. The van der Waals surface area contributed by atoms with Crippen LogP contribution in [0.25, 0.3) is 32.4 Å². The Balaban J connectivity index is 1.31. The van der Waals surface area contributed by atoms with Crippen molar-refractivity contribution in [3.63, 3.8) is 0 Å². The SMILES string of the molecule is Cc1cc(C(C)(C)C)cc(C)c1N1c2cc(-c3cc4ccccc4o3)ccc2B2c3sc4ccc(C(C)(C)C)cc4c3N(c3c(C)cc(C(C)(C)C)cc3C)c3cccc1c32. The van der Waals surface area contributed by atoms with Crippen LogP contribution in [0.3, 0.4) is 0 Å². The zero-order valence-electron chi connectivity index (χ0n) is 38.2. The third kappa shape index (κ3) is 6.21. The van der Waals surface area contributed by atoms with E-state index in [0.717, 1.165) is 22.3 Å². The molecule has 6 aromatic carbocycles. The summed E-state index contributed by atoms with van der Waals surface area (Å²) in [5, 5.41) is 2.44. The lowest BCUT2D eigenvalue weighted by molar-refractivity contribution is 0.589. The van der Waals surface area contributed by atoms with Crippen LogP contribution in [0.5, 0.6) is 0 Å². The van der Waals surface area contributed by atoms with Crippen molar-refractivity contribution in [2.24, 2.45) is 0 Å². The average molecular weight is 817 g/mol. The summed E-state index contributed by atoms with van der Waals surface area (Å²) in [6, 6.07) is 41.6. The van der Waals surface area contributed by atoms with Crippen molar-refractivity contribution in [2.75, 3.05) is 9.80 Å². The van der Waals surface area contributed by atoms with Crippen molar-refractivity contribution >= 4 is 88.9 Å². The average Bonchev–Trinajstić information content (AvgIpc) is 3.79. The highest BCUT2D eigenvalue weighted by Crippen LogP contribution is 2.51. The third-order valence-electron chi connectivity index (χ3n) is 13.3. The Labute approximate surface area is 367 Å². The molecule has 0 radical (unpaired) electrons. The molecule has 8 aromatic rings. The molecule has 4 heterocycles. The lowest BCUT2D eigenvalue weighted by Gasteiger charge is -2.44. The Morgan fingerprint density at radius 3 is 1.67 bits per heavy atom. The van der Waals surface area contributed by atoms with Crippen LogP contribution < -0.4 is 25.5 Å². The second-order valence-electron chi connectivity index (χ2n) is 20.9. The molecule has 0 spiro atoms. The predicted molar refractivity (Wildman–Crippen MR) is 266 cm³/mol. The van der Waals surface area contributed by atoms with E-state index in [1.54, 1.807) is 0 Å². The fourth-order valence-corrected chi connectivity index (χ4v) is 11.4. The molecule has 0 saturated heterocycles. The zero-order valence-corrected chi connectivity index (χ0v) is 39.0. The van der Waals surface area contributed by atoms with Crippen LogP contribution in [0.1, 0.15) is 101 Å². The number of thiophene rings is 1. The van der Waals surface area contributed by atoms with Gasteiger partial charge in [-0.2, -0.15) is 0 Å². The smallest absolute Gasteiger partial charge is 0.264 e. The van der Waals surface area contributed by atoms with E-state index in [2.05, 4.69) is 203 Å². The molecule has 0 aliphatic carbocycles. The molecular formula is C56H57BN2OS. The lowest BCUT2D eigenvalue weighted by Crippen LogP contribution is -2.60. The van der Waals surface area contributed by atoms with Crippen molar-refractivity contribution in [1.82, 2.24) is 0 Å². The highest BCUT2D eigenvalue weighted by molar-refractivity contribution is 7.33. The molecule has 3 nitrogen and oxygen atoms in total. The Kier molecular flexibility index (Phi) is 8.76. The van der Waals surface area contributed by atoms with Gasteiger partial charge in [0, 0.05) is 42.9 Å². The maximum atomic E-state index is 6.57. The first-order chi connectivity index (χ1) is 28.8. The summed E-state index contributed by atoms with van der Waals surface area (Å²) in [7, 11) is 0. The highest BCUT2D eigenvalue weighted by atomic mass is 32.1. The predicted octanol–water partition coefficient (Wildman–Crippen LogP) is 14.5. The number of para-hydroxylation sites is 1. The van der Waals surface area contributed by atoms with Crippen LogP contribution in [0.15, 0.2) is 114 Å². The summed E-state index contributed by atoms with van der Waals surface area (Å²) in [6.07, 6.45) is 0. The van der Waals surface area contributed by atoms with Crippen LogP contribution in [0.4, 0.5) is 34.1 Å². The molecule has 2 aromatic heterocycles. The molecule has 5 heteroatoms. The first-order valence-electron chi connectivity index (χ1n) is 22.0. The number of aryl methyl sites for hydroxylation is 4. The van der Waals surface area contributed by atoms with Crippen molar-refractivity contribution in [3.05, 3.63) is 148 Å². The molecular weight excluding hydrogens is 760 g/mol. The van der Waals surface area contributed by atoms with E-state index in [9.17, 15) is 0 Å². The minimum absolute atomic E-state index is 0.0109. The normalized spacial score (nSPS) is 13.9. The van der Waals surface area contributed by atoms with Gasteiger partial charge < -0.3 is 14.2 Å². The number of furan rings is 1. The lowest BCUT2D eigenvalue weighted by atomic mass is 9.36. The standard InChI is InChI=1S/C56H57BN2OS/c1-32-25-39(55(8,9)10)26-33(2)50(32)58-43-18-16-19-44-49(43)57(42-23-21-37(29-45(42)58)47-30-36-17-14-15-20-46(36)60-47)53-52(41-31-38(54(5,6)7)22-24-48(41)61-53)59(44)51-34(3)27-40(28-35(51)4)56(11,12)13/h14-31H,1-13H3. The van der Waals surface area contributed by atoms with Gasteiger partial charge in [-0.05, 0) is 136 Å². The first kappa shape index (κ1) is 39.6. The van der Waals surface area contributed by atoms with Crippen molar-refractivity contribution in [1.29, 1.82) is 0 Å². The fraction of sp³-hybridized carbons (Fsp3) is 0.286. The number of hydrogen-bond acceptors (Lipinski definition) is 4. The van der Waals surface area contributed by atoms with Gasteiger partial charge >= 0.3 is 0 Å². The number of fused-ring (bicyclic) bond motifs is 7. The summed E-state index contributed by atoms with van der Waals surface area (Å²) in [5.74, 6) is 0.886. The Morgan fingerprint density at radius 2 is 1.08 bits per heavy atom. The summed E-state index contributed by atoms with van der Waals surface area (Å²) in [4.78, 5) is 5.24. The van der Waals surface area contributed by atoms with Gasteiger partial charge in [-0.15, -0.1) is 11.3 Å². The summed E-state index contributed by atoms with van der Waals surface area (Å²) in [6.45, 7) is 30.2.